The lowest BCUT2D eigenvalue weighted by Crippen LogP contribution is -2.45. The fraction of sp³-hybridized carbons (Fsp3) is 0.632. The minimum absolute atomic E-state index is 0.0149. The van der Waals surface area contributed by atoms with E-state index in [9.17, 15) is 9.59 Å². The lowest BCUT2D eigenvalue weighted by atomic mass is 10.2. The molecule has 1 aliphatic rings. The summed E-state index contributed by atoms with van der Waals surface area (Å²) in [6.07, 6.45) is 3.16. The van der Waals surface area contributed by atoms with Gasteiger partial charge in [0.05, 0.1) is 10.6 Å². The Morgan fingerprint density at radius 1 is 1.19 bits per heavy atom. The summed E-state index contributed by atoms with van der Waals surface area (Å²) in [6, 6.07) is 0.287. The van der Waals surface area contributed by atoms with E-state index in [0.717, 1.165) is 29.5 Å². The molecule has 0 N–H and O–H groups in total. The molecule has 0 spiro atoms. The van der Waals surface area contributed by atoms with Crippen LogP contribution < -0.4 is 5.56 Å². The molecule has 0 saturated heterocycles. The van der Waals surface area contributed by atoms with E-state index in [2.05, 4.69) is 0 Å². The largest absolute Gasteiger partial charge is 0.337 e. The third-order valence-electron chi connectivity index (χ3n) is 4.90. The second-order valence-corrected chi connectivity index (χ2v) is 9.88. The van der Waals surface area contributed by atoms with Crippen molar-refractivity contribution in [3.05, 3.63) is 20.8 Å². The highest BCUT2D eigenvalue weighted by Gasteiger charge is 2.28. The summed E-state index contributed by atoms with van der Waals surface area (Å²) in [6.45, 7) is 10.0. The minimum atomic E-state index is -0.290. The SMILES string of the molecule is CC(C)N(C(=O)[C@H](C)Sc1nc2sc3c(c2c(=O)n1C)CCC3)C(C)C. The highest BCUT2D eigenvalue weighted by atomic mass is 32.2. The van der Waals surface area contributed by atoms with E-state index in [0.29, 0.717) is 5.16 Å². The molecule has 26 heavy (non-hydrogen) atoms. The van der Waals surface area contributed by atoms with Crippen LogP contribution in [0.1, 0.15) is 51.5 Å². The number of hydrogen-bond donors (Lipinski definition) is 0. The number of carbonyl (C=O) groups excluding carboxylic acids is 1. The number of thioether (sulfide) groups is 1. The van der Waals surface area contributed by atoms with Gasteiger partial charge in [-0.2, -0.15) is 0 Å². The van der Waals surface area contributed by atoms with Crippen molar-refractivity contribution in [3.63, 3.8) is 0 Å². The number of amides is 1. The first kappa shape index (κ1) is 19.4. The highest BCUT2D eigenvalue weighted by Crippen LogP contribution is 2.36. The van der Waals surface area contributed by atoms with E-state index in [1.165, 1.54) is 22.2 Å². The summed E-state index contributed by atoms with van der Waals surface area (Å²) in [4.78, 5) is 34.6. The van der Waals surface area contributed by atoms with Gasteiger partial charge in [-0.25, -0.2) is 4.98 Å². The zero-order chi connectivity index (χ0) is 19.2. The first-order chi connectivity index (χ1) is 12.2. The second-order valence-electron chi connectivity index (χ2n) is 7.49. The molecule has 7 heteroatoms. The normalized spacial score (nSPS) is 15.1. The van der Waals surface area contributed by atoms with Gasteiger partial charge in [0.2, 0.25) is 5.91 Å². The Bertz CT molecular complexity index is 890. The summed E-state index contributed by atoms with van der Waals surface area (Å²) in [5, 5.41) is 1.12. The summed E-state index contributed by atoms with van der Waals surface area (Å²) >= 11 is 3.02. The van der Waals surface area contributed by atoms with Crippen LogP contribution in [0, 0.1) is 0 Å². The number of aryl methyl sites for hydroxylation is 2. The number of hydrogen-bond acceptors (Lipinski definition) is 5. The van der Waals surface area contributed by atoms with Crippen LogP contribution >= 0.6 is 23.1 Å². The smallest absolute Gasteiger partial charge is 0.262 e. The first-order valence-electron chi connectivity index (χ1n) is 9.22. The molecule has 0 fully saturated rings. The van der Waals surface area contributed by atoms with Crippen LogP contribution in [0.4, 0.5) is 0 Å². The fourth-order valence-electron chi connectivity index (χ4n) is 3.73. The van der Waals surface area contributed by atoms with Crippen molar-refractivity contribution in [2.45, 2.75) is 76.4 Å². The number of fused-ring (bicyclic) bond motifs is 3. The maximum Gasteiger partial charge on any atom is 0.262 e. The van der Waals surface area contributed by atoms with Gasteiger partial charge in [-0.05, 0) is 59.4 Å². The Hall–Kier alpha value is -1.34. The van der Waals surface area contributed by atoms with Crippen LogP contribution in [0.15, 0.2) is 9.95 Å². The average Bonchev–Trinajstić information content (AvgIpc) is 3.11. The first-order valence-corrected chi connectivity index (χ1v) is 10.9. The molecule has 2 aromatic heterocycles. The highest BCUT2D eigenvalue weighted by molar-refractivity contribution is 8.00. The monoisotopic (exact) mass is 393 g/mol. The molecular weight excluding hydrogens is 366 g/mol. The quantitative estimate of drug-likeness (QED) is 0.575. The van der Waals surface area contributed by atoms with E-state index in [4.69, 9.17) is 4.98 Å². The molecule has 2 heterocycles. The fourth-order valence-corrected chi connectivity index (χ4v) is 5.97. The van der Waals surface area contributed by atoms with E-state index in [-0.39, 0.29) is 28.8 Å². The van der Waals surface area contributed by atoms with Gasteiger partial charge in [-0.3, -0.25) is 14.2 Å². The van der Waals surface area contributed by atoms with Crippen LogP contribution in [0.25, 0.3) is 10.2 Å². The topological polar surface area (TPSA) is 55.2 Å². The van der Waals surface area contributed by atoms with Gasteiger partial charge in [0.1, 0.15) is 4.83 Å². The van der Waals surface area contributed by atoms with E-state index < -0.39 is 0 Å². The molecule has 0 saturated carbocycles. The Morgan fingerprint density at radius 2 is 1.85 bits per heavy atom. The third kappa shape index (κ3) is 3.31. The van der Waals surface area contributed by atoms with Crippen LogP contribution in [-0.2, 0) is 24.7 Å². The Kier molecular flexibility index (Phi) is 5.49. The molecule has 1 amide bonds. The molecule has 3 rings (SSSR count). The van der Waals surface area contributed by atoms with Crippen LogP contribution in [0.2, 0.25) is 0 Å². The van der Waals surface area contributed by atoms with Gasteiger partial charge in [0.25, 0.3) is 5.56 Å². The zero-order valence-corrected chi connectivity index (χ0v) is 18.0. The average molecular weight is 394 g/mol. The molecule has 0 aliphatic heterocycles. The third-order valence-corrected chi connectivity index (χ3v) is 7.22. The molecule has 0 unspecified atom stereocenters. The molecule has 0 aromatic carbocycles. The Balaban J connectivity index is 1.93. The van der Waals surface area contributed by atoms with Gasteiger partial charge in [0, 0.05) is 24.0 Å². The van der Waals surface area contributed by atoms with Gasteiger partial charge < -0.3 is 4.90 Å². The number of nitrogens with zero attached hydrogens (tertiary/aromatic N) is 3. The lowest BCUT2D eigenvalue weighted by Gasteiger charge is -2.32. The van der Waals surface area contributed by atoms with Crippen molar-refractivity contribution in [1.29, 1.82) is 0 Å². The molecule has 1 atom stereocenters. The predicted molar refractivity (Wildman–Crippen MR) is 109 cm³/mol. The predicted octanol–water partition coefficient (Wildman–Crippen LogP) is 3.61. The Labute approximate surface area is 162 Å². The standard InChI is InChI=1S/C19H27N3O2S2/c1-10(2)22(11(3)4)17(23)12(5)25-19-20-16-15(18(24)21(19)6)13-8-7-9-14(13)26-16/h10-12H,7-9H2,1-6H3/t12-/m0/s1. The molecule has 2 aromatic rings. The van der Waals surface area contributed by atoms with Crippen molar-refractivity contribution in [2.24, 2.45) is 7.05 Å². The number of aromatic nitrogens is 2. The number of rotatable bonds is 5. The second kappa shape index (κ2) is 7.35. The zero-order valence-electron chi connectivity index (χ0n) is 16.3. The van der Waals surface area contributed by atoms with E-state index in [1.807, 2.05) is 39.5 Å². The van der Waals surface area contributed by atoms with E-state index >= 15 is 0 Å². The van der Waals surface area contributed by atoms with Crippen LogP contribution in [-0.4, -0.2) is 37.7 Å². The summed E-state index contributed by atoms with van der Waals surface area (Å²) < 4.78 is 1.61. The van der Waals surface area contributed by atoms with Crippen molar-refractivity contribution in [2.75, 3.05) is 0 Å². The molecule has 142 valence electrons. The van der Waals surface area contributed by atoms with Crippen molar-refractivity contribution < 1.29 is 4.79 Å². The molecule has 5 nitrogen and oxygen atoms in total. The lowest BCUT2D eigenvalue weighted by molar-refractivity contribution is -0.133. The van der Waals surface area contributed by atoms with Gasteiger partial charge in [-0.15, -0.1) is 11.3 Å². The Morgan fingerprint density at radius 3 is 2.46 bits per heavy atom. The van der Waals surface area contributed by atoms with Crippen LogP contribution in [0.3, 0.4) is 0 Å². The van der Waals surface area contributed by atoms with Gasteiger partial charge in [-0.1, -0.05) is 11.8 Å². The number of carbonyl (C=O) groups is 1. The maximum atomic E-state index is 12.9. The summed E-state index contributed by atoms with van der Waals surface area (Å²) in [5.41, 5.74) is 1.21. The maximum absolute atomic E-state index is 12.9. The minimum Gasteiger partial charge on any atom is -0.337 e. The molecule has 0 bridgehead atoms. The summed E-state index contributed by atoms with van der Waals surface area (Å²) in [5.74, 6) is 0.0861. The number of thiophene rings is 1. The van der Waals surface area contributed by atoms with Gasteiger partial charge in [0.15, 0.2) is 5.16 Å². The van der Waals surface area contributed by atoms with Gasteiger partial charge >= 0.3 is 0 Å². The molecular formula is C19H27N3O2S2. The van der Waals surface area contributed by atoms with Crippen molar-refractivity contribution in [3.8, 4) is 0 Å². The summed E-state index contributed by atoms with van der Waals surface area (Å²) in [7, 11) is 1.76. The van der Waals surface area contributed by atoms with Crippen molar-refractivity contribution in [1.82, 2.24) is 14.5 Å². The molecule has 1 aliphatic carbocycles. The van der Waals surface area contributed by atoms with Crippen LogP contribution in [0.5, 0.6) is 0 Å². The van der Waals surface area contributed by atoms with Crippen molar-refractivity contribution >= 4 is 39.2 Å². The molecule has 0 radical (unpaired) electrons. The van der Waals surface area contributed by atoms with E-state index in [1.54, 1.807) is 23.0 Å².